The summed E-state index contributed by atoms with van der Waals surface area (Å²) < 4.78 is 0. The van der Waals surface area contributed by atoms with Gasteiger partial charge in [0.1, 0.15) is 0 Å². The Hall–Kier alpha value is -2.73. The molecule has 1 fully saturated rings. The highest BCUT2D eigenvalue weighted by atomic mass is 16.2. The molecule has 0 unspecified atom stereocenters. The summed E-state index contributed by atoms with van der Waals surface area (Å²) >= 11 is 0. The summed E-state index contributed by atoms with van der Waals surface area (Å²) in [5.74, 6) is 0.743. The topological polar surface area (TPSA) is 82.2 Å². The summed E-state index contributed by atoms with van der Waals surface area (Å²) in [6.45, 7) is 8.41. The monoisotopic (exact) mass is 405 g/mol. The fourth-order valence-corrected chi connectivity index (χ4v) is 4.23. The van der Waals surface area contributed by atoms with Gasteiger partial charge >= 0.3 is 0 Å². The van der Waals surface area contributed by atoms with Gasteiger partial charge in [0.05, 0.1) is 11.3 Å². The number of rotatable bonds is 9. The molecule has 1 saturated carbocycles. The Morgan fingerprint density at radius 3 is 2.73 bits per heavy atom. The molecule has 0 radical (unpaired) electrons. The molecule has 6 nitrogen and oxygen atoms in total. The standard InChI is InChI=1S/C24H31N5O/c1-15(2)22-19(5-4-10-26-14-17-8-11-25-12-9-17)16(3)27-21(22)13-20-23(18-6-7-18)28-29-24(20)30/h8-9,11-13,15,18,26-27H,4-7,10,14H2,1-3H3,(H,29,30)/b20-13+. The van der Waals surface area contributed by atoms with E-state index in [0.717, 1.165) is 55.8 Å². The van der Waals surface area contributed by atoms with Crippen LogP contribution in [0.15, 0.2) is 35.2 Å². The number of carbonyl (C=O) groups is 1. The molecule has 0 atom stereocenters. The van der Waals surface area contributed by atoms with Crippen molar-refractivity contribution in [3.8, 4) is 0 Å². The number of hydrazone groups is 1. The first kappa shape index (κ1) is 20.5. The lowest BCUT2D eigenvalue weighted by Crippen LogP contribution is -2.15. The molecule has 4 rings (SSSR count). The van der Waals surface area contributed by atoms with Crippen LogP contribution in [0.25, 0.3) is 6.08 Å². The van der Waals surface area contributed by atoms with Crippen LogP contribution in [0.3, 0.4) is 0 Å². The summed E-state index contributed by atoms with van der Waals surface area (Å²) in [7, 11) is 0. The maximum Gasteiger partial charge on any atom is 0.273 e. The van der Waals surface area contributed by atoms with Crippen LogP contribution >= 0.6 is 0 Å². The fourth-order valence-electron chi connectivity index (χ4n) is 4.23. The number of carbonyl (C=O) groups excluding carboxylic acids is 1. The number of pyridine rings is 1. The molecule has 0 spiro atoms. The molecule has 2 aromatic rings. The first-order valence-corrected chi connectivity index (χ1v) is 11.0. The largest absolute Gasteiger partial charge is 0.359 e. The van der Waals surface area contributed by atoms with Crippen LogP contribution in [-0.4, -0.2) is 28.1 Å². The average Bonchev–Trinajstić information content (AvgIpc) is 3.44. The molecule has 3 heterocycles. The zero-order chi connectivity index (χ0) is 21.1. The minimum absolute atomic E-state index is 0.0827. The van der Waals surface area contributed by atoms with Crippen molar-refractivity contribution < 1.29 is 4.79 Å². The van der Waals surface area contributed by atoms with Crippen LogP contribution in [0.5, 0.6) is 0 Å². The van der Waals surface area contributed by atoms with Gasteiger partial charge in [0.15, 0.2) is 0 Å². The van der Waals surface area contributed by atoms with Crippen molar-refractivity contribution in [2.24, 2.45) is 11.0 Å². The molecule has 1 amide bonds. The SMILES string of the molecule is Cc1[nH]c(/C=C2/C(=O)NN=C2C2CC2)c(C(C)C)c1CCCNCc1ccncc1. The van der Waals surface area contributed by atoms with Gasteiger partial charge in [0, 0.05) is 36.2 Å². The van der Waals surface area contributed by atoms with E-state index in [1.807, 2.05) is 30.6 Å². The third-order valence-corrected chi connectivity index (χ3v) is 5.88. The lowest BCUT2D eigenvalue weighted by atomic mass is 9.93. The highest BCUT2D eigenvalue weighted by Crippen LogP contribution is 2.36. The van der Waals surface area contributed by atoms with Crippen molar-refractivity contribution in [2.45, 2.75) is 58.9 Å². The Morgan fingerprint density at radius 2 is 2.03 bits per heavy atom. The molecular weight excluding hydrogens is 374 g/mol. The number of nitrogens with zero attached hydrogens (tertiary/aromatic N) is 2. The lowest BCUT2D eigenvalue weighted by Gasteiger charge is -2.11. The molecule has 3 N–H and O–H groups in total. The van der Waals surface area contributed by atoms with E-state index in [9.17, 15) is 4.79 Å². The average molecular weight is 406 g/mol. The highest BCUT2D eigenvalue weighted by molar-refractivity contribution is 6.28. The van der Waals surface area contributed by atoms with Crippen LogP contribution < -0.4 is 10.7 Å². The second-order valence-corrected chi connectivity index (χ2v) is 8.62. The first-order chi connectivity index (χ1) is 14.5. The van der Waals surface area contributed by atoms with E-state index in [1.165, 1.54) is 22.4 Å². The number of nitrogens with one attached hydrogen (secondary N) is 3. The second kappa shape index (κ2) is 8.96. The van der Waals surface area contributed by atoms with Gasteiger partial charge in [-0.3, -0.25) is 9.78 Å². The van der Waals surface area contributed by atoms with Gasteiger partial charge in [0.25, 0.3) is 5.91 Å². The Bertz CT molecular complexity index is 967. The van der Waals surface area contributed by atoms with E-state index >= 15 is 0 Å². The predicted molar refractivity (Wildman–Crippen MR) is 120 cm³/mol. The number of aromatic nitrogens is 2. The van der Waals surface area contributed by atoms with Gasteiger partial charge in [-0.05, 0) is 80.0 Å². The van der Waals surface area contributed by atoms with E-state index in [1.54, 1.807) is 0 Å². The van der Waals surface area contributed by atoms with Crippen LogP contribution in [0, 0.1) is 12.8 Å². The van der Waals surface area contributed by atoms with E-state index in [0.29, 0.717) is 11.8 Å². The van der Waals surface area contributed by atoms with Crippen LogP contribution in [0.4, 0.5) is 0 Å². The molecular formula is C24H31N5O. The van der Waals surface area contributed by atoms with Crippen molar-refractivity contribution in [3.63, 3.8) is 0 Å². The molecule has 1 aliphatic carbocycles. The number of H-pyrrole nitrogens is 1. The number of aromatic amines is 1. The van der Waals surface area contributed by atoms with E-state index in [4.69, 9.17) is 0 Å². The van der Waals surface area contributed by atoms with Gasteiger partial charge in [-0.25, -0.2) is 5.43 Å². The smallest absolute Gasteiger partial charge is 0.273 e. The normalized spacial score (nSPS) is 17.7. The van der Waals surface area contributed by atoms with Crippen molar-refractivity contribution in [1.29, 1.82) is 0 Å². The zero-order valence-corrected chi connectivity index (χ0v) is 18.1. The van der Waals surface area contributed by atoms with E-state index in [-0.39, 0.29) is 5.91 Å². The summed E-state index contributed by atoms with van der Waals surface area (Å²) in [5.41, 5.74) is 10.5. The molecule has 2 aromatic heterocycles. The first-order valence-electron chi connectivity index (χ1n) is 11.0. The van der Waals surface area contributed by atoms with Crippen LogP contribution in [0.2, 0.25) is 0 Å². The van der Waals surface area contributed by atoms with Crippen LogP contribution in [-0.2, 0) is 17.8 Å². The molecule has 0 bridgehead atoms. The maximum absolute atomic E-state index is 12.3. The summed E-state index contributed by atoms with van der Waals surface area (Å²) in [6.07, 6.45) is 10.0. The third kappa shape index (κ3) is 4.54. The van der Waals surface area contributed by atoms with E-state index < -0.39 is 0 Å². The molecule has 2 aliphatic rings. The number of amides is 1. The minimum Gasteiger partial charge on any atom is -0.359 e. The molecule has 30 heavy (non-hydrogen) atoms. The van der Waals surface area contributed by atoms with Gasteiger partial charge in [0.2, 0.25) is 0 Å². The van der Waals surface area contributed by atoms with Gasteiger partial charge < -0.3 is 10.3 Å². The zero-order valence-electron chi connectivity index (χ0n) is 18.1. The Morgan fingerprint density at radius 1 is 1.27 bits per heavy atom. The van der Waals surface area contributed by atoms with Crippen molar-refractivity contribution in [2.75, 3.05) is 6.54 Å². The summed E-state index contributed by atoms with van der Waals surface area (Å²) in [6, 6.07) is 4.08. The van der Waals surface area contributed by atoms with Crippen molar-refractivity contribution in [3.05, 3.63) is 58.2 Å². The van der Waals surface area contributed by atoms with Gasteiger partial charge in [-0.2, -0.15) is 5.10 Å². The maximum atomic E-state index is 12.3. The lowest BCUT2D eigenvalue weighted by molar-refractivity contribution is -0.116. The summed E-state index contributed by atoms with van der Waals surface area (Å²) in [4.78, 5) is 19.9. The quantitative estimate of drug-likeness (QED) is 0.438. The molecule has 6 heteroatoms. The van der Waals surface area contributed by atoms with Crippen molar-refractivity contribution in [1.82, 2.24) is 20.7 Å². The molecule has 0 aromatic carbocycles. The third-order valence-electron chi connectivity index (χ3n) is 5.88. The fraction of sp³-hybridized carbons (Fsp3) is 0.458. The molecule has 1 aliphatic heterocycles. The minimum atomic E-state index is -0.0827. The Kier molecular flexibility index (Phi) is 6.13. The van der Waals surface area contributed by atoms with E-state index in [2.05, 4.69) is 46.6 Å². The Labute approximate surface area is 178 Å². The number of aryl methyl sites for hydroxylation is 1. The van der Waals surface area contributed by atoms with Crippen molar-refractivity contribution >= 4 is 17.7 Å². The highest BCUT2D eigenvalue weighted by Gasteiger charge is 2.36. The summed E-state index contributed by atoms with van der Waals surface area (Å²) in [5, 5.41) is 7.80. The van der Waals surface area contributed by atoms with Gasteiger partial charge in [-0.15, -0.1) is 0 Å². The number of hydrogen-bond donors (Lipinski definition) is 3. The van der Waals surface area contributed by atoms with Crippen LogP contribution in [0.1, 0.15) is 67.1 Å². The number of hydrogen-bond acceptors (Lipinski definition) is 4. The molecule has 0 saturated heterocycles. The second-order valence-electron chi connectivity index (χ2n) is 8.62. The van der Waals surface area contributed by atoms with Gasteiger partial charge in [-0.1, -0.05) is 13.8 Å². The Balaban J connectivity index is 1.45. The molecule has 158 valence electrons. The predicted octanol–water partition coefficient (Wildman–Crippen LogP) is 3.84.